The van der Waals surface area contributed by atoms with Gasteiger partial charge in [0.1, 0.15) is 0 Å². The third kappa shape index (κ3) is 2.58. The van der Waals surface area contributed by atoms with E-state index < -0.39 is 11.5 Å². The van der Waals surface area contributed by atoms with E-state index in [1.165, 1.54) is 0 Å². The third-order valence-corrected chi connectivity index (χ3v) is 3.41. The van der Waals surface area contributed by atoms with Crippen LogP contribution in [0.2, 0.25) is 0 Å². The van der Waals surface area contributed by atoms with Crippen molar-refractivity contribution in [2.75, 3.05) is 5.32 Å². The van der Waals surface area contributed by atoms with Gasteiger partial charge in [-0.1, -0.05) is 6.07 Å². The molecule has 0 heterocycles. The largest absolute Gasteiger partial charge is 0.388 e. The highest BCUT2D eigenvalue weighted by atomic mass is 16.3. The number of primary amides is 1. The first-order chi connectivity index (χ1) is 7.99. The van der Waals surface area contributed by atoms with Gasteiger partial charge in [-0.25, -0.2) is 0 Å². The Labute approximate surface area is 101 Å². The Bertz CT molecular complexity index is 429. The molecule has 1 saturated carbocycles. The zero-order valence-electron chi connectivity index (χ0n) is 9.94. The SMILES string of the molecule is CC1(O)CCCC1Nc1cccc(C(N)=O)c1. The Hall–Kier alpha value is -1.55. The number of carbonyl (C=O) groups excluding carboxylic acids is 1. The summed E-state index contributed by atoms with van der Waals surface area (Å²) >= 11 is 0. The first-order valence-corrected chi connectivity index (χ1v) is 5.88. The normalized spacial score (nSPS) is 28.0. The minimum Gasteiger partial charge on any atom is -0.388 e. The van der Waals surface area contributed by atoms with Gasteiger partial charge in [-0.05, 0) is 44.4 Å². The van der Waals surface area contributed by atoms with E-state index in [0.717, 1.165) is 24.9 Å². The van der Waals surface area contributed by atoms with Crippen molar-refractivity contribution in [3.05, 3.63) is 29.8 Å². The molecular formula is C13H18N2O2. The van der Waals surface area contributed by atoms with Crippen molar-refractivity contribution in [3.8, 4) is 0 Å². The molecule has 0 aromatic heterocycles. The fourth-order valence-electron chi connectivity index (χ4n) is 2.34. The lowest BCUT2D eigenvalue weighted by molar-refractivity contribution is 0.0578. The van der Waals surface area contributed by atoms with Gasteiger partial charge in [-0.15, -0.1) is 0 Å². The van der Waals surface area contributed by atoms with Crippen LogP contribution in [0, 0.1) is 0 Å². The van der Waals surface area contributed by atoms with Crippen molar-refractivity contribution < 1.29 is 9.90 Å². The van der Waals surface area contributed by atoms with Crippen LogP contribution in [0.5, 0.6) is 0 Å². The molecule has 0 spiro atoms. The average Bonchev–Trinajstić information content (AvgIpc) is 2.59. The summed E-state index contributed by atoms with van der Waals surface area (Å²) in [5, 5.41) is 13.4. The molecule has 4 N–H and O–H groups in total. The lowest BCUT2D eigenvalue weighted by atomic mass is 10.00. The molecule has 0 saturated heterocycles. The molecule has 0 radical (unpaired) electrons. The van der Waals surface area contributed by atoms with Crippen molar-refractivity contribution >= 4 is 11.6 Å². The van der Waals surface area contributed by atoms with Crippen molar-refractivity contribution in [1.82, 2.24) is 0 Å². The number of rotatable bonds is 3. The predicted octanol–water partition coefficient (Wildman–Crippen LogP) is 1.50. The molecule has 92 valence electrons. The summed E-state index contributed by atoms with van der Waals surface area (Å²) in [6.07, 6.45) is 2.76. The highest BCUT2D eigenvalue weighted by Crippen LogP contribution is 2.31. The van der Waals surface area contributed by atoms with Crippen molar-refractivity contribution in [1.29, 1.82) is 0 Å². The monoisotopic (exact) mass is 234 g/mol. The standard InChI is InChI=1S/C13H18N2O2/c1-13(17)7-3-6-11(13)15-10-5-2-4-9(8-10)12(14)16/h2,4-5,8,11,15,17H,3,6-7H2,1H3,(H2,14,16). The van der Waals surface area contributed by atoms with Crippen molar-refractivity contribution in [2.24, 2.45) is 5.73 Å². The summed E-state index contributed by atoms with van der Waals surface area (Å²) < 4.78 is 0. The molecular weight excluding hydrogens is 216 g/mol. The van der Waals surface area contributed by atoms with E-state index in [-0.39, 0.29) is 6.04 Å². The van der Waals surface area contributed by atoms with Gasteiger partial charge in [-0.2, -0.15) is 0 Å². The predicted molar refractivity (Wildman–Crippen MR) is 66.8 cm³/mol. The van der Waals surface area contributed by atoms with Crippen LogP contribution in [0.4, 0.5) is 5.69 Å². The quantitative estimate of drug-likeness (QED) is 0.742. The molecule has 0 bridgehead atoms. The Balaban J connectivity index is 2.13. The van der Waals surface area contributed by atoms with Crippen LogP contribution in [0.15, 0.2) is 24.3 Å². The van der Waals surface area contributed by atoms with Crippen LogP contribution in [0.25, 0.3) is 0 Å². The molecule has 1 aromatic rings. The Morgan fingerprint density at radius 3 is 2.94 bits per heavy atom. The number of aliphatic hydroxyl groups is 1. The minimum atomic E-state index is -0.678. The highest BCUT2D eigenvalue weighted by Gasteiger charge is 2.36. The number of amides is 1. The van der Waals surface area contributed by atoms with E-state index in [4.69, 9.17) is 5.73 Å². The van der Waals surface area contributed by atoms with Crippen molar-refractivity contribution in [2.45, 2.75) is 37.8 Å². The van der Waals surface area contributed by atoms with Gasteiger partial charge in [-0.3, -0.25) is 4.79 Å². The maximum absolute atomic E-state index is 11.1. The second-order valence-electron chi connectivity index (χ2n) is 4.89. The number of hydrogen-bond acceptors (Lipinski definition) is 3. The molecule has 1 aliphatic rings. The van der Waals surface area contributed by atoms with Crippen LogP contribution in [0.3, 0.4) is 0 Å². The lowest BCUT2D eigenvalue weighted by Gasteiger charge is -2.27. The molecule has 4 nitrogen and oxygen atoms in total. The summed E-state index contributed by atoms with van der Waals surface area (Å²) in [5.74, 6) is -0.438. The van der Waals surface area contributed by atoms with E-state index in [1.54, 1.807) is 18.2 Å². The van der Waals surface area contributed by atoms with E-state index in [2.05, 4.69) is 5.32 Å². The molecule has 2 atom stereocenters. The molecule has 2 unspecified atom stereocenters. The Kier molecular flexibility index (Phi) is 3.07. The van der Waals surface area contributed by atoms with Gasteiger partial charge < -0.3 is 16.2 Å². The van der Waals surface area contributed by atoms with Gasteiger partial charge in [0.2, 0.25) is 5.91 Å². The number of hydrogen-bond donors (Lipinski definition) is 3. The van der Waals surface area contributed by atoms with Crippen LogP contribution in [-0.4, -0.2) is 22.7 Å². The van der Waals surface area contributed by atoms with Gasteiger partial charge in [0, 0.05) is 11.3 Å². The molecule has 17 heavy (non-hydrogen) atoms. The average molecular weight is 234 g/mol. The lowest BCUT2D eigenvalue weighted by Crippen LogP contribution is -2.39. The Morgan fingerprint density at radius 2 is 2.35 bits per heavy atom. The van der Waals surface area contributed by atoms with Crippen LogP contribution < -0.4 is 11.1 Å². The zero-order valence-corrected chi connectivity index (χ0v) is 9.94. The third-order valence-electron chi connectivity index (χ3n) is 3.41. The summed E-state index contributed by atoms with van der Waals surface area (Å²) in [4.78, 5) is 11.1. The number of nitrogens with two attached hydrogens (primary N) is 1. The van der Waals surface area contributed by atoms with E-state index in [0.29, 0.717) is 5.56 Å². The summed E-state index contributed by atoms with van der Waals surface area (Å²) in [6, 6.07) is 7.09. The van der Waals surface area contributed by atoms with E-state index in [1.807, 2.05) is 13.0 Å². The van der Waals surface area contributed by atoms with Crippen LogP contribution in [0.1, 0.15) is 36.5 Å². The number of nitrogens with one attached hydrogen (secondary N) is 1. The van der Waals surface area contributed by atoms with Crippen molar-refractivity contribution in [3.63, 3.8) is 0 Å². The molecule has 4 heteroatoms. The molecule has 1 fully saturated rings. The second kappa shape index (κ2) is 4.37. The fourth-order valence-corrected chi connectivity index (χ4v) is 2.34. The van der Waals surface area contributed by atoms with Gasteiger partial charge >= 0.3 is 0 Å². The molecule has 2 rings (SSSR count). The summed E-state index contributed by atoms with van der Waals surface area (Å²) in [6.45, 7) is 1.84. The molecule has 0 aliphatic heterocycles. The molecule has 1 aromatic carbocycles. The smallest absolute Gasteiger partial charge is 0.248 e. The first kappa shape index (κ1) is 11.9. The van der Waals surface area contributed by atoms with Crippen LogP contribution in [-0.2, 0) is 0 Å². The van der Waals surface area contributed by atoms with Gasteiger partial charge in [0.25, 0.3) is 0 Å². The minimum absolute atomic E-state index is 0.0330. The topological polar surface area (TPSA) is 75.3 Å². The fraction of sp³-hybridized carbons (Fsp3) is 0.462. The van der Waals surface area contributed by atoms with E-state index >= 15 is 0 Å². The first-order valence-electron chi connectivity index (χ1n) is 5.88. The number of carbonyl (C=O) groups is 1. The molecule has 1 aliphatic carbocycles. The summed E-state index contributed by atoms with van der Waals surface area (Å²) in [7, 11) is 0. The summed E-state index contributed by atoms with van der Waals surface area (Å²) in [5.41, 5.74) is 5.86. The Morgan fingerprint density at radius 1 is 1.59 bits per heavy atom. The van der Waals surface area contributed by atoms with Gasteiger partial charge in [0.05, 0.1) is 11.6 Å². The highest BCUT2D eigenvalue weighted by molar-refractivity contribution is 5.93. The molecule has 1 amide bonds. The van der Waals surface area contributed by atoms with Gasteiger partial charge in [0.15, 0.2) is 0 Å². The maximum Gasteiger partial charge on any atom is 0.248 e. The van der Waals surface area contributed by atoms with E-state index in [9.17, 15) is 9.90 Å². The second-order valence-corrected chi connectivity index (χ2v) is 4.89. The van der Waals surface area contributed by atoms with Crippen LogP contribution >= 0.6 is 0 Å². The zero-order chi connectivity index (χ0) is 12.5. The maximum atomic E-state index is 11.1. The number of benzene rings is 1. The number of anilines is 1.